The predicted octanol–water partition coefficient (Wildman–Crippen LogP) is 2.35. The molecule has 0 amide bonds. The summed E-state index contributed by atoms with van der Waals surface area (Å²) < 4.78 is 14.9. The normalized spacial score (nSPS) is 10.8. The molecule has 17 heavy (non-hydrogen) atoms. The molecule has 90 valence electrons. The third-order valence-electron chi connectivity index (χ3n) is 2.87. The summed E-state index contributed by atoms with van der Waals surface area (Å²) >= 11 is 0. The van der Waals surface area contributed by atoms with Crippen molar-refractivity contribution in [3.63, 3.8) is 0 Å². The van der Waals surface area contributed by atoms with Crippen LogP contribution in [0.4, 0.5) is 4.39 Å². The van der Waals surface area contributed by atoms with Gasteiger partial charge in [0.15, 0.2) is 0 Å². The van der Waals surface area contributed by atoms with E-state index >= 15 is 0 Å². The highest BCUT2D eigenvalue weighted by Crippen LogP contribution is 2.18. The van der Waals surface area contributed by atoms with Crippen molar-refractivity contribution in [3.05, 3.63) is 47.0 Å². The van der Waals surface area contributed by atoms with Gasteiger partial charge >= 0.3 is 0 Å². The minimum Gasteiger partial charge on any atom is -0.316 e. The highest BCUT2D eigenvalue weighted by atomic mass is 19.1. The lowest BCUT2D eigenvalue weighted by Gasteiger charge is -2.08. The molecular weight excluding hydrogens is 217 g/mol. The van der Waals surface area contributed by atoms with E-state index in [-0.39, 0.29) is 5.82 Å². The van der Waals surface area contributed by atoms with Gasteiger partial charge in [0.05, 0.1) is 11.9 Å². The Morgan fingerprint density at radius 1 is 1.35 bits per heavy atom. The van der Waals surface area contributed by atoms with Gasteiger partial charge in [-0.25, -0.2) is 9.07 Å². The molecule has 1 aromatic carbocycles. The molecule has 1 aromatic heterocycles. The molecule has 0 saturated heterocycles. The number of rotatable bonds is 3. The summed E-state index contributed by atoms with van der Waals surface area (Å²) in [5.41, 5.74) is 4.03. The van der Waals surface area contributed by atoms with Crippen LogP contribution in [-0.2, 0) is 6.54 Å². The Labute approximate surface area is 100 Å². The maximum absolute atomic E-state index is 13.1. The summed E-state index contributed by atoms with van der Waals surface area (Å²) in [5.74, 6) is -0.216. The lowest BCUT2D eigenvalue weighted by Crippen LogP contribution is -2.07. The molecule has 0 aliphatic carbocycles. The van der Waals surface area contributed by atoms with E-state index < -0.39 is 0 Å². The fourth-order valence-corrected chi connectivity index (χ4v) is 1.91. The van der Waals surface area contributed by atoms with Crippen LogP contribution in [0.5, 0.6) is 0 Å². The van der Waals surface area contributed by atoms with Gasteiger partial charge in [-0.1, -0.05) is 0 Å². The summed E-state index contributed by atoms with van der Waals surface area (Å²) in [5, 5.41) is 7.45. The Hall–Kier alpha value is -1.68. The first-order valence-electron chi connectivity index (χ1n) is 5.58. The molecule has 0 aliphatic heterocycles. The van der Waals surface area contributed by atoms with E-state index in [4.69, 9.17) is 0 Å². The number of benzene rings is 1. The predicted molar refractivity (Wildman–Crippen MR) is 65.8 cm³/mol. The second-order valence-corrected chi connectivity index (χ2v) is 4.13. The lowest BCUT2D eigenvalue weighted by molar-refractivity contribution is 0.625. The van der Waals surface area contributed by atoms with E-state index in [0.29, 0.717) is 0 Å². The van der Waals surface area contributed by atoms with Crippen molar-refractivity contribution in [2.24, 2.45) is 0 Å². The van der Waals surface area contributed by atoms with Gasteiger partial charge < -0.3 is 5.32 Å². The molecule has 0 atom stereocenters. The third kappa shape index (κ3) is 2.22. The molecule has 0 unspecified atom stereocenters. The summed E-state index contributed by atoms with van der Waals surface area (Å²) in [4.78, 5) is 0. The average molecular weight is 233 g/mol. The molecule has 1 heterocycles. The zero-order chi connectivity index (χ0) is 12.4. The van der Waals surface area contributed by atoms with Gasteiger partial charge in [0.2, 0.25) is 0 Å². The standard InChI is InChI=1S/C13H16FN3/c1-9-6-12(14)4-5-13(9)17-10(2)11(7-15-3)8-16-17/h4-6,8,15H,7H2,1-3H3. The largest absolute Gasteiger partial charge is 0.316 e. The Balaban J connectivity index is 2.46. The minimum atomic E-state index is -0.216. The van der Waals surface area contributed by atoms with Crippen LogP contribution >= 0.6 is 0 Å². The maximum Gasteiger partial charge on any atom is 0.123 e. The molecule has 2 rings (SSSR count). The van der Waals surface area contributed by atoms with Crippen molar-refractivity contribution < 1.29 is 4.39 Å². The summed E-state index contributed by atoms with van der Waals surface area (Å²) in [7, 11) is 1.90. The highest BCUT2D eigenvalue weighted by molar-refractivity contribution is 5.42. The van der Waals surface area contributed by atoms with Crippen molar-refractivity contribution in [3.8, 4) is 5.69 Å². The number of hydrogen-bond donors (Lipinski definition) is 1. The highest BCUT2D eigenvalue weighted by Gasteiger charge is 2.09. The second kappa shape index (κ2) is 4.67. The van der Waals surface area contributed by atoms with Crippen LogP contribution in [0.2, 0.25) is 0 Å². The van der Waals surface area contributed by atoms with Crippen molar-refractivity contribution >= 4 is 0 Å². The number of aryl methyl sites for hydroxylation is 1. The fourth-order valence-electron chi connectivity index (χ4n) is 1.91. The zero-order valence-electron chi connectivity index (χ0n) is 10.3. The van der Waals surface area contributed by atoms with Crippen molar-refractivity contribution in [2.75, 3.05) is 7.05 Å². The maximum atomic E-state index is 13.1. The Morgan fingerprint density at radius 2 is 2.12 bits per heavy atom. The number of hydrogen-bond acceptors (Lipinski definition) is 2. The van der Waals surface area contributed by atoms with Crippen molar-refractivity contribution in [1.82, 2.24) is 15.1 Å². The summed E-state index contributed by atoms with van der Waals surface area (Å²) in [6.45, 7) is 4.69. The van der Waals surface area contributed by atoms with E-state index in [1.165, 1.54) is 12.1 Å². The molecule has 0 fully saturated rings. The smallest absolute Gasteiger partial charge is 0.123 e. The van der Waals surface area contributed by atoms with Gasteiger partial charge in [-0.2, -0.15) is 5.10 Å². The fraction of sp³-hybridized carbons (Fsp3) is 0.308. The first-order valence-corrected chi connectivity index (χ1v) is 5.58. The first-order chi connectivity index (χ1) is 8.13. The topological polar surface area (TPSA) is 29.9 Å². The van der Waals surface area contributed by atoms with E-state index in [1.54, 1.807) is 6.07 Å². The minimum absolute atomic E-state index is 0.216. The van der Waals surface area contributed by atoms with E-state index in [0.717, 1.165) is 29.1 Å². The van der Waals surface area contributed by atoms with Crippen molar-refractivity contribution in [1.29, 1.82) is 0 Å². The Morgan fingerprint density at radius 3 is 2.76 bits per heavy atom. The molecular formula is C13H16FN3. The third-order valence-corrected chi connectivity index (χ3v) is 2.87. The van der Waals surface area contributed by atoms with Crippen LogP contribution in [-0.4, -0.2) is 16.8 Å². The Bertz CT molecular complexity index is 531. The van der Waals surface area contributed by atoms with E-state index in [2.05, 4.69) is 10.4 Å². The van der Waals surface area contributed by atoms with Crippen LogP contribution in [0.3, 0.4) is 0 Å². The summed E-state index contributed by atoms with van der Waals surface area (Å²) in [6, 6.07) is 4.74. The zero-order valence-corrected chi connectivity index (χ0v) is 10.3. The van der Waals surface area contributed by atoms with Gasteiger partial charge in [-0.05, 0) is 44.7 Å². The quantitative estimate of drug-likeness (QED) is 0.882. The molecule has 4 heteroatoms. The number of nitrogens with one attached hydrogen (secondary N) is 1. The van der Waals surface area contributed by atoms with Crippen LogP contribution in [0, 0.1) is 19.7 Å². The number of aromatic nitrogens is 2. The molecule has 1 N–H and O–H groups in total. The monoisotopic (exact) mass is 233 g/mol. The van der Waals surface area contributed by atoms with Gasteiger partial charge in [0.25, 0.3) is 0 Å². The molecule has 0 saturated carbocycles. The van der Waals surface area contributed by atoms with Gasteiger partial charge in [0, 0.05) is 17.8 Å². The van der Waals surface area contributed by atoms with Crippen LogP contribution in [0.25, 0.3) is 5.69 Å². The molecule has 0 radical (unpaired) electrons. The summed E-state index contributed by atoms with van der Waals surface area (Å²) in [6.07, 6.45) is 1.84. The molecule has 0 spiro atoms. The average Bonchev–Trinajstić information content (AvgIpc) is 2.62. The van der Waals surface area contributed by atoms with Crippen LogP contribution in [0.1, 0.15) is 16.8 Å². The van der Waals surface area contributed by atoms with Crippen LogP contribution in [0.15, 0.2) is 24.4 Å². The van der Waals surface area contributed by atoms with Crippen LogP contribution < -0.4 is 5.32 Å². The molecule has 0 aliphatic rings. The molecule has 0 bridgehead atoms. The van der Waals surface area contributed by atoms with E-state index in [1.807, 2.05) is 31.8 Å². The molecule has 3 nitrogen and oxygen atoms in total. The van der Waals surface area contributed by atoms with Gasteiger partial charge in [-0.15, -0.1) is 0 Å². The Kier molecular flexibility index (Phi) is 3.24. The van der Waals surface area contributed by atoms with Crippen molar-refractivity contribution in [2.45, 2.75) is 20.4 Å². The second-order valence-electron chi connectivity index (χ2n) is 4.13. The van der Waals surface area contributed by atoms with Gasteiger partial charge in [-0.3, -0.25) is 0 Å². The SMILES string of the molecule is CNCc1cnn(-c2ccc(F)cc2C)c1C. The number of nitrogens with zero attached hydrogens (tertiary/aromatic N) is 2. The first kappa shape index (κ1) is 11.8. The number of halogens is 1. The van der Waals surface area contributed by atoms with E-state index in [9.17, 15) is 4.39 Å². The molecule has 2 aromatic rings. The van der Waals surface area contributed by atoms with Gasteiger partial charge in [0.1, 0.15) is 5.82 Å². The lowest BCUT2D eigenvalue weighted by atomic mass is 10.2.